The van der Waals surface area contributed by atoms with E-state index in [4.69, 9.17) is 0 Å². The first-order valence-corrected chi connectivity index (χ1v) is 10.1. The van der Waals surface area contributed by atoms with Gasteiger partial charge in [-0.15, -0.1) is 0 Å². The molecule has 0 radical (unpaired) electrons. The molecule has 2 atom stereocenters. The first-order chi connectivity index (χ1) is 13.0. The van der Waals surface area contributed by atoms with Gasteiger partial charge in [0.15, 0.2) is 0 Å². The molecule has 0 spiro atoms. The third-order valence-electron chi connectivity index (χ3n) is 5.26. The Morgan fingerprint density at radius 3 is 2.78 bits per heavy atom. The highest BCUT2D eigenvalue weighted by Crippen LogP contribution is 2.18. The Kier molecular flexibility index (Phi) is 8.64. The Hall–Kier alpha value is -2.02. The van der Waals surface area contributed by atoms with Crippen LogP contribution in [0.5, 0.6) is 0 Å². The fourth-order valence-electron chi connectivity index (χ4n) is 3.54. The van der Waals surface area contributed by atoms with E-state index in [1.54, 1.807) is 11.1 Å². The SMILES string of the molecule is CCN(CC)CCCC(C)NC(=O)C1CCCN(C(=O)c2cnccn2)C1. The van der Waals surface area contributed by atoms with Gasteiger partial charge in [0.1, 0.15) is 5.69 Å². The monoisotopic (exact) mass is 375 g/mol. The molecule has 0 aliphatic carbocycles. The third kappa shape index (κ3) is 6.57. The van der Waals surface area contributed by atoms with E-state index in [1.807, 2.05) is 0 Å². The number of amides is 2. The second kappa shape index (κ2) is 11.0. The Bertz CT molecular complexity index is 591. The summed E-state index contributed by atoms with van der Waals surface area (Å²) in [5.74, 6) is -0.237. The fourth-order valence-corrected chi connectivity index (χ4v) is 3.54. The van der Waals surface area contributed by atoms with Gasteiger partial charge in [0.25, 0.3) is 5.91 Å². The summed E-state index contributed by atoms with van der Waals surface area (Å²) in [5.41, 5.74) is 0.336. The molecule has 1 aliphatic heterocycles. The molecule has 1 aliphatic rings. The summed E-state index contributed by atoms with van der Waals surface area (Å²) in [5, 5.41) is 3.14. The number of hydrogen-bond donors (Lipinski definition) is 1. The summed E-state index contributed by atoms with van der Waals surface area (Å²) >= 11 is 0. The van der Waals surface area contributed by atoms with Crippen LogP contribution in [-0.4, -0.2) is 70.3 Å². The van der Waals surface area contributed by atoms with E-state index in [0.717, 1.165) is 45.3 Å². The highest BCUT2D eigenvalue weighted by atomic mass is 16.2. The Balaban J connectivity index is 1.79. The Morgan fingerprint density at radius 1 is 1.33 bits per heavy atom. The van der Waals surface area contributed by atoms with Gasteiger partial charge in [0.2, 0.25) is 5.91 Å². The summed E-state index contributed by atoms with van der Waals surface area (Å²) in [4.78, 5) is 37.3. The van der Waals surface area contributed by atoms with Crippen LogP contribution in [0.1, 0.15) is 56.9 Å². The van der Waals surface area contributed by atoms with Crippen molar-refractivity contribution in [3.63, 3.8) is 0 Å². The number of piperidine rings is 1. The highest BCUT2D eigenvalue weighted by Gasteiger charge is 2.29. The molecular formula is C20H33N5O2. The zero-order valence-corrected chi connectivity index (χ0v) is 16.9. The van der Waals surface area contributed by atoms with Crippen LogP contribution in [0.25, 0.3) is 0 Å². The van der Waals surface area contributed by atoms with Gasteiger partial charge in [0.05, 0.1) is 12.1 Å². The lowest BCUT2D eigenvalue weighted by Gasteiger charge is -2.32. The minimum absolute atomic E-state index is 0.0574. The lowest BCUT2D eigenvalue weighted by Crippen LogP contribution is -2.47. The zero-order valence-electron chi connectivity index (χ0n) is 16.9. The number of carbonyl (C=O) groups is 2. The molecule has 150 valence electrons. The van der Waals surface area contributed by atoms with Gasteiger partial charge >= 0.3 is 0 Å². The van der Waals surface area contributed by atoms with Crippen molar-refractivity contribution in [1.82, 2.24) is 25.1 Å². The van der Waals surface area contributed by atoms with Gasteiger partial charge in [-0.3, -0.25) is 14.6 Å². The van der Waals surface area contributed by atoms with Crippen molar-refractivity contribution >= 4 is 11.8 Å². The van der Waals surface area contributed by atoms with Crippen LogP contribution in [0, 0.1) is 5.92 Å². The second-order valence-corrected chi connectivity index (χ2v) is 7.26. The lowest BCUT2D eigenvalue weighted by molar-refractivity contribution is -0.127. The van der Waals surface area contributed by atoms with Crippen LogP contribution in [0.4, 0.5) is 0 Å². The van der Waals surface area contributed by atoms with Gasteiger partial charge in [-0.05, 0) is 52.2 Å². The maximum Gasteiger partial charge on any atom is 0.274 e. The van der Waals surface area contributed by atoms with Crippen molar-refractivity contribution in [3.05, 3.63) is 24.3 Å². The van der Waals surface area contributed by atoms with Crippen molar-refractivity contribution in [2.24, 2.45) is 5.92 Å². The summed E-state index contributed by atoms with van der Waals surface area (Å²) in [6.07, 6.45) is 8.24. The van der Waals surface area contributed by atoms with Crippen molar-refractivity contribution in [2.45, 2.75) is 52.5 Å². The van der Waals surface area contributed by atoms with Gasteiger partial charge in [-0.2, -0.15) is 0 Å². The van der Waals surface area contributed by atoms with Crippen molar-refractivity contribution in [3.8, 4) is 0 Å². The van der Waals surface area contributed by atoms with E-state index in [9.17, 15) is 9.59 Å². The van der Waals surface area contributed by atoms with E-state index in [2.05, 4.69) is 41.0 Å². The topological polar surface area (TPSA) is 78.4 Å². The van der Waals surface area contributed by atoms with Gasteiger partial charge in [-0.1, -0.05) is 13.8 Å². The highest BCUT2D eigenvalue weighted by molar-refractivity contribution is 5.92. The molecule has 1 fully saturated rings. The molecule has 1 saturated heterocycles. The largest absolute Gasteiger partial charge is 0.353 e. The van der Waals surface area contributed by atoms with Crippen molar-refractivity contribution < 1.29 is 9.59 Å². The standard InChI is InChI=1S/C20H33N5O2/c1-4-24(5-2)12-6-8-16(3)23-19(26)17-9-7-13-25(15-17)20(27)18-14-21-10-11-22-18/h10-11,14,16-17H,4-9,12-13,15H2,1-3H3,(H,23,26). The van der Waals surface area contributed by atoms with Crippen LogP contribution < -0.4 is 5.32 Å². The molecule has 7 heteroatoms. The molecule has 2 unspecified atom stereocenters. The molecule has 27 heavy (non-hydrogen) atoms. The number of hydrogen-bond acceptors (Lipinski definition) is 5. The van der Waals surface area contributed by atoms with Crippen LogP contribution in [-0.2, 0) is 4.79 Å². The molecule has 2 amide bonds. The fraction of sp³-hybridized carbons (Fsp3) is 0.700. The third-order valence-corrected chi connectivity index (χ3v) is 5.26. The normalized spacial score (nSPS) is 18.4. The number of carbonyl (C=O) groups excluding carboxylic acids is 2. The lowest BCUT2D eigenvalue weighted by atomic mass is 9.96. The van der Waals surface area contributed by atoms with E-state index in [0.29, 0.717) is 18.8 Å². The summed E-state index contributed by atoms with van der Waals surface area (Å²) in [6.45, 7) is 10.7. The average Bonchev–Trinajstić information content (AvgIpc) is 2.71. The predicted molar refractivity (Wildman–Crippen MR) is 105 cm³/mol. The van der Waals surface area contributed by atoms with E-state index >= 15 is 0 Å². The average molecular weight is 376 g/mol. The molecule has 2 heterocycles. The number of nitrogens with one attached hydrogen (secondary N) is 1. The molecule has 1 aromatic heterocycles. The summed E-state index contributed by atoms with van der Waals surface area (Å²) < 4.78 is 0. The van der Waals surface area contributed by atoms with Gasteiger partial charge in [-0.25, -0.2) is 4.98 Å². The number of likely N-dealkylation sites (tertiary alicyclic amines) is 1. The van der Waals surface area contributed by atoms with Crippen LogP contribution in [0.3, 0.4) is 0 Å². The smallest absolute Gasteiger partial charge is 0.274 e. The first-order valence-electron chi connectivity index (χ1n) is 10.1. The van der Waals surface area contributed by atoms with E-state index in [-0.39, 0.29) is 23.8 Å². The molecule has 7 nitrogen and oxygen atoms in total. The molecule has 1 N–H and O–H groups in total. The van der Waals surface area contributed by atoms with Crippen molar-refractivity contribution in [2.75, 3.05) is 32.7 Å². The zero-order chi connectivity index (χ0) is 19.6. The maximum atomic E-state index is 12.6. The Morgan fingerprint density at radius 2 is 2.11 bits per heavy atom. The quantitative estimate of drug-likeness (QED) is 0.714. The number of nitrogens with zero attached hydrogens (tertiary/aromatic N) is 4. The Labute approximate surface area is 162 Å². The predicted octanol–water partition coefficient (Wildman–Crippen LogP) is 1.96. The second-order valence-electron chi connectivity index (χ2n) is 7.26. The van der Waals surface area contributed by atoms with Gasteiger partial charge < -0.3 is 15.1 Å². The summed E-state index contributed by atoms with van der Waals surface area (Å²) in [7, 11) is 0. The number of rotatable bonds is 9. The van der Waals surface area contributed by atoms with E-state index in [1.165, 1.54) is 12.4 Å². The van der Waals surface area contributed by atoms with Gasteiger partial charge in [0, 0.05) is 31.5 Å². The molecule has 2 rings (SSSR count). The molecule has 0 aromatic carbocycles. The minimum atomic E-state index is -0.149. The number of aromatic nitrogens is 2. The van der Waals surface area contributed by atoms with E-state index < -0.39 is 0 Å². The molecule has 0 bridgehead atoms. The van der Waals surface area contributed by atoms with Crippen LogP contribution in [0.2, 0.25) is 0 Å². The first kappa shape index (κ1) is 21.3. The van der Waals surface area contributed by atoms with Crippen molar-refractivity contribution in [1.29, 1.82) is 0 Å². The maximum absolute atomic E-state index is 12.6. The molecular weight excluding hydrogens is 342 g/mol. The molecule has 0 saturated carbocycles. The minimum Gasteiger partial charge on any atom is -0.353 e. The summed E-state index contributed by atoms with van der Waals surface area (Å²) in [6, 6.07) is 0.152. The molecule has 1 aromatic rings. The van der Waals surface area contributed by atoms with Crippen LogP contribution >= 0.6 is 0 Å². The van der Waals surface area contributed by atoms with Crippen LogP contribution in [0.15, 0.2) is 18.6 Å².